The zero-order valence-electron chi connectivity index (χ0n) is 11.6. The first-order valence-corrected chi connectivity index (χ1v) is 7.41. The maximum atomic E-state index is 9.22. The fourth-order valence-corrected chi connectivity index (χ4v) is 2.98. The molecule has 1 saturated heterocycles. The third-order valence-corrected chi connectivity index (χ3v) is 4.18. The van der Waals surface area contributed by atoms with Crippen molar-refractivity contribution in [2.75, 3.05) is 18.0 Å². The van der Waals surface area contributed by atoms with E-state index in [1.807, 2.05) is 10.7 Å². The van der Waals surface area contributed by atoms with Gasteiger partial charge in [-0.15, -0.1) is 0 Å². The van der Waals surface area contributed by atoms with E-state index in [1.54, 1.807) is 24.8 Å². The van der Waals surface area contributed by atoms with Gasteiger partial charge in [-0.1, -0.05) is 11.6 Å². The Morgan fingerprint density at radius 1 is 1.33 bits per heavy atom. The lowest BCUT2D eigenvalue weighted by atomic mass is 9.96. The number of rotatable bonds is 3. The molecule has 0 saturated carbocycles. The number of nitriles is 1. The molecule has 0 N–H and O–H groups in total. The van der Waals surface area contributed by atoms with Gasteiger partial charge < -0.3 is 4.90 Å². The van der Waals surface area contributed by atoms with Gasteiger partial charge in [0.15, 0.2) is 0 Å². The number of hydrogen-bond acceptors (Lipinski definition) is 4. The lowest BCUT2D eigenvalue weighted by molar-refractivity contribution is 0.342. The van der Waals surface area contributed by atoms with Crippen molar-refractivity contribution in [3.63, 3.8) is 0 Å². The van der Waals surface area contributed by atoms with Gasteiger partial charge in [-0.05, 0) is 37.0 Å². The lowest BCUT2D eigenvalue weighted by Crippen LogP contribution is -2.35. The van der Waals surface area contributed by atoms with E-state index in [0.717, 1.165) is 38.2 Å². The van der Waals surface area contributed by atoms with Crippen LogP contribution in [0.1, 0.15) is 18.4 Å². The van der Waals surface area contributed by atoms with Crippen molar-refractivity contribution in [2.24, 2.45) is 5.92 Å². The molecule has 21 heavy (non-hydrogen) atoms. The zero-order chi connectivity index (χ0) is 14.7. The Hall–Kier alpha value is -2.06. The first-order chi connectivity index (χ1) is 10.3. The first-order valence-electron chi connectivity index (χ1n) is 7.03. The average molecular weight is 302 g/mol. The third-order valence-electron chi connectivity index (χ3n) is 3.95. The summed E-state index contributed by atoms with van der Waals surface area (Å²) in [5, 5.41) is 14.1. The predicted octanol–water partition coefficient (Wildman–Crippen LogP) is 2.72. The molecule has 0 radical (unpaired) electrons. The van der Waals surface area contributed by atoms with E-state index >= 15 is 0 Å². The SMILES string of the molecule is N#Cc1ccc(Cl)cc1N1CCC(Cn2cncn2)CC1. The Labute approximate surface area is 128 Å². The largest absolute Gasteiger partial charge is 0.370 e. The second-order valence-corrected chi connectivity index (χ2v) is 5.76. The first kappa shape index (κ1) is 13.9. The van der Waals surface area contributed by atoms with E-state index in [1.165, 1.54) is 0 Å². The summed E-state index contributed by atoms with van der Waals surface area (Å²) < 4.78 is 1.89. The second kappa shape index (κ2) is 6.15. The number of halogens is 1. The molecule has 0 unspecified atom stereocenters. The van der Waals surface area contributed by atoms with Crippen LogP contribution in [0.5, 0.6) is 0 Å². The quantitative estimate of drug-likeness (QED) is 0.874. The summed E-state index contributed by atoms with van der Waals surface area (Å²) in [5.74, 6) is 0.604. The maximum Gasteiger partial charge on any atom is 0.137 e. The summed E-state index contributed by atoms with van der Waals surface area (Å²) in [6.07, 6.45) is 5.49. The predicted molar refractivity (Wildman–Crippen MR) is 81.1 cm³/mol. The fourth-order valence-electron chi connectivity index (χ4n) is 2.81. The average Bonchev–Trinajstić information content (AvgIpc) is 3.01. The van der Waals surface area contributed by atoms with Crippen molar-refractivity contribution < 1.29 is 0 Å². The highest BCUT2D eigenvalue weighted by Gasteiger charge is 2.21. The molecule has 1 aromatic heterocycles. The van der Waals surface area contributed by atoms with Crippen LogP contribution in [0.3, 0.4) is 0 Å². The van der Waals surface area contributed by atoms with Gasteiger partial charge in [0.2, 0.25) is 0 Å². The highest BCUT2D eigenvalue weighted by molar-refractivity contribution is 6.30. The Balaban J connectivity index is 1.66. The molecule has 3 rings (SSSR count). The third kappa shape index (κ3) is 3.17. The van der Waals surface area contributed by atoms with Crippen LogP contribution in [0.4, 0.5) is 5.69 Å². The fraction of sp³-hybridized carbons (Fsp3) is 0.400. The van der Waals surface area contributed by atoms with Gasteiger partial charge in [0.25, 0.3) is 0 Å². The maximum absolute atomic E-state index is 9.22. The molecule has 0 atom stereocenters. The van der Waals surface area contributed by atoms with E-state index in [-0.39, 0.29) is 0 Å². The molecule has 1 aliphatic rings. The van der Waals surface area contributed by atoms with Crippen molar-refractivity contribution in [1.29, 1.82) is 5.26 Å². The van der Waals surface area contributed by atoms with Crippen LogP contribution < -0.4 is 4.90 Å². The monoisotopic (exact) mass is 301 g/mol. The highest BCUT2D eigenvalue weighted by atomic mass is 35.5. The molecule has 108 valence electrons. The van der Waals surface area contributed by atoms with Crippen LogP contribution >= 0.6 is 11.6 Å². The smallest absolute Gasteiger partial charge is 0.137 e. The van der Waals surface area contributed by atoms with Gasteiger partial charge >= 0.3 is 0 Å². The molecule has 0 amide bonds. The topological polar surface area (TPSA) is 57.7 Å². The minimum atomic E-state index is 0.604. The van der Waals surface area contributed by atoms with E-state index in [9.17, 15) is 5.26 Å². The number of nitrogens with zero attached hydrogens (tertiary/aromatic N) is 5. The summed E-state index contributed by atoms with van der Waals surface area (Å²) in [7, 11) is 0. The molecule has 0 aliphatic carbocycles. The van der Waals surface area contributed by atoms with Crippen LogP contribution in [-0.2, 0) is 6.54 Å². The number of aromatic nitrogens is 3. The summed E-state index contributed by atoms with van der Waals surface area (Å²) in [6, 6.07) is 7.69. The van der Waals surface area contributed by atoms with Gasteiger partial charge in [-0.3, -0.25) is 4.68 Å². The van der Waals surface area contributed by atoms with E-state index < -0.39 is 0 Å². The Kier molecular flexibility index (Phi) is 4.07. The molecule has 2 aromatic rings. The molecule has 5 nitrogen and oxygen atoms in total. The molecule has 1 fully saturated rings. The van der Waals surface area contributed by atoms with Crippen LogP contribution in [0.2, 0.25) is 5.02 Å². The van der Waals surface area contributed by atoms with Crippen LogP contribution in [0, 0.1) is 17.2 Å². The molecular formula is C15H16ClN5. The van der Waals surface area contributed by atoms with Crippen molar-refractivity contribution in [3.05, 3.63) is 41.4 Å². The van der Waals surface area contributed by atoms with Gasteiger partial charge in [0, 0.05) is 24.7 Å². The zero-order valence-corrected chi connectivity index (χ0v) is 12.4. The lowest BCUT2D eigenvalue weighted by Gasteiger charge is -2.34. The molecule has 6 heteroatoms. The summed E-state index contributed by atoms with van der Waals surface area (Å²) in [5.41, 5.74) is 1.64. The minimum Gasteiger partial charge on any atom is -0.370 e. The molecule has 1 aliphatic heterocycles. The Morgan fingerprint density at radius 2 is 2.14 bits per heavy atom. The minimum absolute atomic E-state index is 0.604. The van der Waals surface area contributed by atoms with Gasteiger partial charge in [0.1, 0.15) is 18.7 Å². The molecule has 0 spiro atoms. The molecular weight excluding hydrogens is 286 g/mol. The van der Waals surface area contributed by atoms with Gasteiger partial charge in [-0.2, -0.15) is 10.4 Å². The summed E-state index contributed by atoms with van der Waals surface area (Å²) in [6.45, 7) is 2.79. The van der Waals surface area contributed by atoms with Crippen molar-refractivity contribution in [1.82, 2.24) is 14.8 Å². The van der Waals surface area contributed by atoms with Gasteiger partial charge in [0.05, 0.1) is 11.3 Å². The van der Waals surface area contributed by atoms with E-state index in [0.29, 0.717) is 16.5 Å². The highest BCUT2D eigenvalue weighted by Crippen LogP contribution is 2.29. The van der Waals surface area contributed by atoms with Crippen molar-refractivity contribution in [2.45, 2.75) is 19.4 Å². The summed E-state index contributed by atoms with van der Waals surface area (Å²) >= 11 is 6.06. The molecule has 2 heterocycles. The molecule has 1 aromatic carbocycles. The number of hydrogen-bond donors (Lipinski definition) is 0. The van der Waals surface area contributed by atoms with Crippen LogP contribution in [0.15, 0.2) is 30.9 Å². The number of anilines is 1. The Morgan fingerprint density at radius 3 is 2.81 bits per heavy atom. The Bertz CT molecular complexity index is 639. The van der Waals surface area contributed by atoms with Crippen LogP contribution in [0.25, 0.3) is 0 Å². The summed E-state index contributed by atoms with van der Waals surface area (Å²) in [4.78, 5) is 6.23. The van der Waals surface area contributed by atoms with Crippen LogP contribution in [-0.4, -0.2) is 27.9 Å². The van der Waals surface area contributed by atoms with Crippen molar-refractivity contribution in [3.8, 4) is 6.07 Å². The van der Waals surface area contributed by atoms with Gasteiger partial charge in [-0.25, -0.2) is 4.98 Å². The molecule has 0 bridgehead atoms. The second-order valence-electron chi connectivity index (χ2n) is 5.32. The standard InChI is InChI=1S/C15H16ClN5/c16-14-2-1-13(8-17)15(7-14)20-5-3-12(4-6-20)9-21-11-18-10-19-21/h1-2,7,10-12H,3-6,9H2. The van der Waals surface area contributed by atoms with E-state index in [4.69, 9.17) is 11.6 Å². The normalized spacial score (nSPS) is 15.9. The van der Waals surface area contributed by atoms with Crippen molar-refractivity contribution >= 4 is 17.3 Å². The van der Waals surface area contributed by atoms with E-state index in [2.05, 4.69) is 21.1 Å². The number of piperidine rings is 1. The number of benzene rings is 1.